The van der Waals surface area contributed by atoms with E-state index in [0.29, 0.717) is 19.1 Å². The number of nitrogens with one attached hydrogen (secondary N) is 1. The number of sulfonamides is 1. The maximum absolute atomic E-state index is 13.2. The van der Waals surface area contributed by atoms with E-state index in [2.05, 4.69) is 20.7 Å². The lowest BCUT2D eigenvalue weighted by molar-refractivity contribution is 0.129. The number of halogens is 2. The fourth-order valence-electron chi connectivity index (χ4n) is 1.64. The molecule has 1 aliphatic carbocycles. The lowest BCUT2D eigenvalue weighted by atomic mass is 10.3. The molecule has 5 nitrogen and oxygen atoms in total. The molecule has 0 saturated heterocycles. The number of rotatable bonds is 7. The van der Waals surface area contributed by atoms with Crippen molar-refractivity contribution in [3.63, 3.8) is 0 Å². The zero-order chi connectivity index (χ0) is 14.8. The Hall–Kier alpha value is -0.700. The third-order valence-corrected chi connectivity index (χ3v) is 5.06. The van der Waals surface area contributed by atoms with Gasteiger partial charge in [0.05, 0.1) is 16.8 Å². The van der Waals surface area contributed by atoms with E-state index in [4.69, 9.17) is 10.5 Å². The van der Waals surface area contributed by atoms with Gasteiger partial charge in [-0.25, -0.2) is 17.5 Å². The molecule has 0 heterocycles. The van der Waals surface area contributed by atoms with Crippen molar-refractivity contribution in [1.29, 1.82) is 0 Å². The summed E-state index contributed by atoms with van der Waals surface area (Å²) < 4.78 is 45.1. The van der Waals surface area contributed by atoms with Gasteiger partial charge in [-0.05, 0) is 46.8 Å². The lowest BCUT2D eigenvalue weighted by Gasteiger charge is -2.10. The molecule has 0 spiro atoms. The number of anilines is 1. The van der Waals surface area contributed by atoms with E-state index in [0.717, 1.165) is 12.1 Å². The van der Waals surface area contributed by atoms with Crippen LogP contribution in [0.5, 0.6) is 0 Å². The second-order valence-corrected chi connectivity index (χ2v) is 7.31. The van der Waals surface area contributed by atoms with Crippen LogP contribution in [0.3, 0.4) is 0 Å². The summed E-state index contributed by atoms with van der Waals surface area (Å²) in [5.74, 6) is 0.0320. The predicted octanol–water partition coefficient (Wildman–Crippen LogP) is 1.88. The number of ether oxygens (including phenoxy) is 1. The third kappa shape index (κ3) is 4.15. The molecule has 20 heavy (non-hydrogen) atoms. The first-order valence-corrected chi connectivity index (χ1v) is 8.49. The third-order valence-electron chi connectivity index (χ3n) is 2.93. The summed E-state index contributed by atoms with van der Waals surface area (Å²) in [5, 5.41) is 0. The normalized spacial score (nSPS) is 15.5. The standard InChI is InChI=1S/C12H16BrFN2O3S/c13-9-5-12(11(15)6-10(9)14)20(17,18)16-3-4-19-7-8-1-2-8/h5-6,8,16H,1-4,7,15H2. The van der Waals surface area contributed by atoms with Gasteiger partial charge in [-0.15, -0.1) is 0 Å². The van der Waals surface area contributed by atoms with Crippen molar-refractivity contribution in [3.05, 3.63) is 22.4 Å². The monoisotopic (exact) mass is 366 g/mol. The molecule has 1 aromatic rings. The van der Waals surface area contributed by atoms with Crippen LogP contribution in [0.25, 0.3) is 0 Å². The Balaban J connectivity index is 1.93. The molecule has 0 radical (unpaired) electrons. The lowest BCUT2D eigenvalue weighted by Crippen LogP contribution is -2.28. The highest BCUT2D eigenvalue weighted by atomic mass is 79.9. The second-order valence-electron chi connectivity index (χ2n) is 4.72. The van der Waals surface area contributed by atoms with Gasteiger partial charge in [-0.1, -0.05) is 0 Å². The number of hydrogen-bond donors (Lipinski definition) is 2. The van der Waals surface area contributed by atoms with Gasteiger partial charge in [0, 0.05) is 13.2 Å². The van der Waals surface area contributed by atoms with Gasteiger partial charge in [0.1, 0.15) is 10.7 Å². The highest BCUT2D eigenvalue weighted by Crippen LogP contribution is 2.28. The van der Waals surface area contributed by atoms with Crippen molar-refractivity contribution in [2.24, 2.45) is 5.92 Å². The van der Waals surface area contributed by atoms with Crippen LogP contribution in [-0.2, 0) is 14.8 Å². The Morgan fingerprint density at radius 2 is 2.15 bits per heavy atom. The summed E-state index contributed by atoms with van der Waals surface area (Å²) in [6, 6.07) is 2.13. The Kier molecular flexibility index (Phi) is 5.00. The Morgan fingerprint density at radius 3 is 2.80 bits per heavy atom. The van der Waals surface area contributed by atoms with Gasteiger partial charge in [-0.2, -0.15) is 0 Å². The molecule has 1 aromatic carbocycles. The molecule has 0 bridgehead atoms. The zero-order valence-electron chi connectivity index (χ0n) is 10.7. The van der Waals surface area contributed by atoms with E-state index in [9.17, 15) is 12.8 Å². The van der Waals surface area contributed by atoms with Crippen molar-refractivity contribution in [3.8, 4) is 0 Å². The van der Waals surface area contributed by atoms with Crippen LogP contribution in [0.15, 0.2) is 21.5 Å². The molecule has 3 N–H and O–H groups in total. The van der Waals surface area contributed by atoms with Crippen molar-refractivity contribution < 1.29 is 17.5 Å². The summed E-state index contributed by atoms with van der Waals surface area (Å²) >= 11 is 2.94. The maximum Gasteiger partial charge on any atom is 0.242 e. The van der Waals surface area contributed by atoms with Crippen LogP contribution in [0.2, 0.25) is 0 Å². The molecule has 2 rings (SSSR count). The average Bonchev–Trinajstić information content (AvgIpc) is 3.17. The summed E-state index contributed by atoms with van der Waals surface area (Å²) in [6.07, 6.45) is 2.37. The first kappa shape index (κ1) is 15.7. The van der Waals surface area contributed by atoms with Gasteiger partial charge in [-0.3, -0.25) is 0 Å². The van der Waals surface area contributed by atoms with Crippen LogP contribution in [0.1, 0.15) is 12.8 Å². The molecule has 0 aliphatic heterocycles. The fraction of sp³-hybridized carbons (Fsp3) is 0.500. The van der Waals surface area contributed by atoms with Gasteiger partial charge in [0.2, 0.25) is 10.0 Å². The maximum atomic E-state index is 13.2. The minimum atomic E-state index is -3.77. The van der Waals surface area contributed by atoms with Crippen molar-refractivity contribution in [1.82, 2.24) is 4.72 Å². The van der Waals surface area contributed by atoms with Crippen molar-refractivity contribution >= 4 is 31.6 Å². The molecule has 0 aromatic heterocycles. The van der Waals surface area contributed by atoms with Crippen molar-refractivity contribution in [2.45, 2.75) is 17.7 Å². The predicted molar refractivity (Wildman–Crippen MR) is 77.2 cm³/mol. The first-order valence-electron chi connectivity index (χ1n) is 6.22. The first-order chi connectivity index (χ1) is 9.40. The number of benzene rings is 1. The molecule has 1 saturated carbocycles. The Labute approximate surface area is 125 Å². The summed E-state index contributed by atoms with van der Waals surface area (Å²) in [5.41, 5.74) is 5.42. The molecule has 0 unspecified atom stereocenters. The van der Waals surface area contributed by atoms with Crippen LogP contribution < -0.4 is 10.5 Å². The van der Waals surface area contributed by atoms with Crippen LogP contribution in [0.4, 0.5) is 10.1 Å². The van der Waals surface area contributed by atoms with Crippen LogP contribution in [-0.4, -0.2) is 28.2 Å². The minimum absolute atomic E-state index is 0.0528. The molecule has 1 fully saturated rings. The molecule has 0 amide bonds. The number of nitrogens with two attached hydrogens (primary N) is 1. The second kappa shape index (κ2) is 6.38. The van der Waals surface area contributed by atoms with E-state index in [-0.39, 0.29) is 21.6 Å². The molecular weight excluding hydrogens is 351 g/mol. The summed E-state index contributed by atoms with van der Waals surface area (Å²) in [4.78, 5) is -0.145. The van der Waals surface area contributed by atoms with Gasteiger partial charge in [0.15, 0.2) is 0 Å². The Morgan fingerprint density at radius 1 is 1.45 bits per heavy atom. The SMILES string of the molecule is Nc1cc(F)c(Br)cc1S(=O)(=O)NCCOCC1CC1. The zero-order valence-corrected chi connectivity index (χ0v) is 13.1. The van der Waals surface area contributed by atoms with Gasteiger partial charge >= 0.3 is 0 Å². The largest absolute Gasteiger partial charge is 0.398 e. The molecule has 1 aliphatic rings. The van der Waals surface area contributed by atoms with Crippen molar-refractivity contribution in [2.75, 3.05) is 25.5 Å². The number of nitrogen functional groups attached to an aromatic ring is 1. The van der Waals surface area contributed by atoms with E-state index >= 15 is 0 Å². The quantitative estimate of drug-likeness (QED) is 0.570. The summed E-state index contributed by atoms with van der Waals surface area (Å²) in [7, 11) is -3.77. The van der Waals surface area contributed by atoms with Crippen LogP contribution >= 0.6 is 15.9 Å². The van der Waals surface area contributed by atoms with Crippen LogP contribution in [0, 0.1) is 11.7 Å². The number of hydrogen-bond acceptors (Lipinski definition) is 4. The molecule has 0 atom stereocenters. The fourth-order valence-corrected chi connectivity index (χ4v) is 3.28. The molecule has 8 heteroatoms. The van der Waals surface area contributed by atoms with Gasteiger partial charge < -0.3 is 10.5 Å². The summed E-state index contributed by atoms with van der Waals surface area (Å²) in [6.45, 7) is 1.13. The molecular formula is C12H16BrFN2O3S. The van der Waals surface area contributed by atoms with E-state index in [1.165, 1.54) is 12.8 Å². The Bertz CT molecular complexity index is 591. The van der Waals surface area contributed by atoms with Gasteiger partial charge in [0.25, 0.3) is 0 Å². The topological polar surface area (TPSA) is 81.4 Å². The highest BCUT2D eigenvalue weighted by Gasteiger charge is 2.22. The smallest absolute Gasteiger partial charge is 0.242 e. The van der Waals surface area contributed by atoms with E-state index in [1.807, 2.05) is 0 Å². The van der Waals surface area contributed by atoms with E-state index in [1.54, 1.807) is 0 Å². The molecule has 112 valence electrons. The van der Waals surface area contributed by atoms with E-state index < -0.39 is 15.8 Å². The highest BCUT2D eigenvalue weighted by molar-refractivity contribution is 9.10. The minimum Gasteiger partial charge on any atom is -0.398 e. The average molecular weight is 367 g/mol.